The quantitative estimate of drug-likeness (QED) is 0.595. The summed E-state index contributed by atoms with van der Waals surface area (Å²) in [7, 11) is 0. The van der Waals surface area contributed by atoms with E-state index in [4.69, 9.17) is 0 Å². The summed E-state index contributed by atoms with van der Waals surface area (Å²) in [6.45, 7) is 2.50. The Morgan fingerprint density at radius 1 is 1.07 bits per heavy atom. The van der Waals surface area contributed by atoms with Crippen molar-refractivity contribution < 1.29 is 4.79 Å². The molecule has 0 bridgehead atoms. The molecule has 2 aromatic heterocycles. The van der Waals surface area contributed by atoms with E-state index in [1.54, 1.807) is 27.8 Å². The standard InChI is InChI=1S/C20H18N6O/c1-15-11-19(25(24-15)12-16-5-3-2-4-6-16)23-20(27)17-7-9-18(10-8-17)26-14-21-13-22-26/h2-11,13-14H,12H2,1H3,(H,23,27). The van der Waals surface area contributed by atoms with E-state index in [9.17, 15) is 4.79 Å². The number of benzene rings is 2. The molecule has 0 radical (unpaired) electrons. The van der Waals surface area contributed by atoms with Crippen LogP contribution >= 0.6 is 0 Å². The van der Waals surface area contributed by atoms with Gasteiger partial charge in [0.05, 0.1) is 17.9 Å². The number of amides is 1. The number of nitrogens with zero attached hydrogens (tertiary/aromatic N) is 5. The van der Waals surface area contributed by atoms with Crippen molar-refractivity contribution >= 4 is 11.7 Å². The van der Waals surface area contributed by atoms with Crippen LogP contribution in [0.4, 0.5) is 5.82 Å². The first kappa shape index (κ1) is 16.7. The molecule has 0 spiro atoms. The number of hydrogen-bond acceptors (Lipinski definition) is 4. The van der Waals surface area contributed by atoms with Gasteiger partial charge in [0, 0.05) is 11.6 Å². The van der Waals surface area contributed by atoms with E-state index in [0.29, 0.717) is 17.9 Å². The van der Waals surface area contributed by atoms with Gasteiger partial charge in [-0.25, -0.2) is 14.3 Å². The Balaban J connectivity index is 1.51. The van der Waals surface area contributed by atoms with Crippen molar-refractivity contribution in [2.24, 2.45) is 0 Å². The highest BCUT2D eigenvalue weighted by molar-refractivity contribution is 6.03. The Bertz CT molecular complexity index is 1040. The van der Waals surface area contributed by atoms with Gasteiger partial charge < -0.3 is 5.32 Å². The van der Waals surface area contributed by atoms with Crippen molar-refractivity contribution in [3.8, 4) is 5.69 Å². The fraction of sp³-hybridized carbons (Fsp3) is 0.100. The third-order valence-corrected chi connectivity index (χ3v) is 4.13. The lowest BCUT2D eigenvalue weighted by Crippen LogP contribution is -2.16. The molecule has 1 N–H and O–H groups in total. The topological polar surface area (TPSA) is 77.6 Å². The van der Waals surface area contributed by atoms with E-state index in [-0.39, 0.29) is 5.91 Å². The zero-order valence-corrected chi connectivity index (χ0v) is 14.8. The van der Waals surface area contributed by atoms with Crippen LogP contribution in [0.15, 0.2) is 73.3 Å². The van der Waals surface area contributed by atoms with Crippen LogP contribution in [0.25, 0.3) is 5.69 Å². The number of hydrogen-bond donors (Lipinski definition) is 1. The van der Waals surface area contributed by atoms with Gasteiger partial charge in [-0.1, -0.05) is 30.3 Å². The molecular weight excluding hydrogens is 340 g/mol. The molecule has 2 heterocycles. The maximum absolute atomic E-state index is 12.6. The van der Waals surface area contributed by atoms with E-state index in [1.165, 1.54) is 6.33 Å². The van der Waals surface area contributed by atoms with Crippen LogP contribution in [0, 0.1) is 6.92 Å². The average molecular weight is 358 g/mol. The number of rotatable bonds is 5. The van der Waals surface area contributed by atoms with Gasteiger partial charge in [-0.15, -0.1) is 0 Å². The summed E-state index contributed by atoms with van der Waals surface area (Å²) in [6, 6.07) is 19.1. The lowest BCUT2D eigenvalue weighted by atomic mass is 10.2. The molecule has 0 fully saturated rings. The molecule has 4 aromatic rings. The summed E-state index contributed by atoms with van der Waals surface area (Å²) < 4.78 is 3.44. The van der Waals surface area contributed by atoms with E-state index in [2.05, 4.69) is 20.5 Å². The van der Waals surface area contributed by atoms with Crippen LogP contribution in [-0.2, 0) is 6.54 Å². The molecule has 0 aliphatic heterocycles. The summed E-state index contributed by atoms with van der Waals surface area (Å²) in [4.78, 5) is 16.6. The van der Waals surface area contributed by atoms with Gasteiger partial charge in [0.15, 0.2) is 0 Å². The molecule has 0 unspecified atom stereocenters. The lowest BCUT2D eigenvalue weighted by Gasteiger charge is -2.09. The Kier molecular flexibility index (Phi) is 4.49. The van der Waals surface area contributed by atoms with Crippen molar-refractivity contribution in [2.45, 2.75) is 13.5 Å². The Hall–Kier alpha value is -3.74. The second kappa shape index (κ2) is 7.25. The van der Waals surface area contributed by atoms with Crippen molar-refractivity contribution in [3.05, 3.63) is 90.1 Å². The molecule has 0 atom stereocenters. The van der Waals surface area contributed by atoms with Gasteiger partial charge in [-0.3, -0.25) is 4.79 Å². The molecule has 4 rings (SSSR count). The molecule has 7 heteroatoms. The smallest absolute Gasteiger partial charge is 0.256 e. The molecule has 2 aromatic carbocycles. The summed E-state index contributed by atoms with van der Waals surface area (Å²) in [5.74, 6) is 0.482. The van der Waals surface area contributed by atoms with Crippen molar-refractivity contribution in [1.82, 2.24) is 24.5 Å². The summed E-state index contributed by atoms with van der Waals surface area (Å²) in [6.07, 6.45) is 3.08. The number of carbonyl (C=O) groups excluding carboxylic acids is 1. The normalized spacial score (nSPS) is 10.7. The highest BCUT2D eigenvalue weighted by Crippen LogP contribution is 2.15. The van der Waals surface area contributed by atoms with Gasteiger partial charge in [0.1, 0.15) is 18.5 Å². The van der Waals surface area contributed by atoms with Gasteiger partial charge in [-0.2, -0.15) is 10.2 Å². The van der Waals surface area contributed by atoms with Crippen LogP contribution in [0.1, 0.15) is 21.6 Å². The number of aryl methyl sites for hydroxylation is 1. The summed E-state index contributed by atoms with van der Waals surface area (Å²) >= 11 is 0. The summed E-state index contributed by atoms with van der Waals surface area (Å²) in [5.41, 5.74) is 3.37. The molecule has 0 saturated carbocycles. The zero-order chi connectivity index (χ0) is 18.6. The van der Waals surface area contributed by atoms with Crippen molar-refractivity contribution in [2.75, 3.05) is 5.32 Å². The Labute approximate surface area is 156 Å². The first-order valence-electron chi connectivity index (χ1n) is 8.54. The predicted molar refractivity (Wildman–Crippen MR) is 102 cm³/mol. The highest BCUT2D eigenvalue weighted by Gasteiger charge is 2.12. The molecule has 1 amide bonds. The lowest BCUT2D eigenvalue weighted by molar-refractivity contribution is 0.102. The molecule has 134 valence electrons. The second-order valence-corrected chi connectivity index (χ2v) is 6.16. The third kappa shape index (κ3) is 3.77. The van der Waals surface area contributed by atoms with Crippen LogP contribution in [0.2, 0.25) is 0 Å². The predicted octanol–water partition coefficient (Wildman–Crippen LogP) is 3.07. The van der Waals surface area contributed by atoms with Crippen LogP contribution in [-0.4, -0.2) is 30.5 Å². The van der Waals surface area contributed by atoms with E-state index >= 15 is 0 Å². The second-order valence-electron chi connectivity index (χ2n) is 6.16. The Morgan fingerprint density at radius 3 is 2.56 bits per heavy atom. The van der Waals surface area contributed by atoms with Gasteiger partial charge >= 0.3 is 0 Å². The summed E-state index contributed by atoms with van der Waals surface area (Å²) in [5, 5.41) is 11.5. The van der Waals surface area contributed by atoms with Crippen LogP contribution in [0.5, 0.6) is 0 Å². The zero-order valence-electron chi connectivity index (χ0n) is 14.8. The van der Waals surface area contributed by atoms with Gasteiger partial charge in [-0.05, 0) is 36.8 Å². The van der Waals surface area contributed by atoms with Crippen LogP contribution < -0.4 is 5.32 Å². The van der Waals surface area contributed by atoms with Crippen LogP contribution in [0.3, 0.4) is 0 Å². The third-order valence-electron chi connectivity index (χ3n) is 4.13. The minimum absolute atomic E-state index is 0.186. The number of nitrogens with one attached hydrogen (secondary N) is 1. The minimum atomic E-state index is -0.186. The number of aromatic nitrogens is 5. The molecule has 0 aliphatic rings. The fourth-order valence-corrected chi connectivity index (χ4v) is 2.82. The molecule has 0 aliphatic carbocycles. The largest absolute Gasteiger partial charge is 0.307 e. The fourth-order valence-electron chi connectivity index (χ4n) is 2.82. The van der Waals surface area contributed by atoms with Crippen molar-refractivity contribution in [1.29, 1.82) is 0 Å². The minimum Gasteiger partial charge on any atom is -0.307 e. The Morgan fingerprint density at radius 2 is 1.85 bits per heavy atom. The average Bonchev–Trinajstić information content (AvgIpc) is 3.33. The van der Waals surface area contributed by atoms with E-state index < -0.39 is 0 Å². The van der Waals surface area contributed by atoms with Gasteiger partial charge in [0.2, 0.25) is 0 Å². The van der Waals surface area contributed by atoms with E-state index in [0.717, 1.165) is 16.9 Å². The van der Waals surface area contributed by atoms with Crippen molar-refractivity contribution in [3.63, 3.8) is 0 Å². The maximum atomic E-state index is 12.6. The van der Waals surface area contributed by atoms with E-state index in [1.807, 2.05) is 55.5 Å². The molecule has 27 heavy (non-hydrogen) atoms. The van der Waals surface area contributed by atoms with Gasteiger partial charge in [0.25, 0.3) is 5.91 Å². The number of carbonyl (C=O) groups is 1. The monoisotopic (exact) mass is 358 g/mol. The molecule has 7 nitrogen and oxygen atoms in total. The SMILES string of the molecule is Cc1cc(NC(=O)c2ccc(-n3cncn3)cc2)n(Cc2ccccc2)n1. The first-order chi connectivity index (χ1) is 13.2. The molecule has 0 saturated heterocycles. The number of anilines is 1. The first-order valence-corrected chi connectivity index (χ1v) is 8.54. The maximum Gasteiger partial charge on any atom is 0.256 e. The molecular formula is C20H18N6O. The highest BCUT2D eigenvalue weighted by atomic mass is 16.1.